The Morgan fingerprint density at radius 3 is 2.86 bits per heavy atom. The average Bonchev–Trinajstić information content (AvgIpc) is 2.14. The van der Waals surface area contributed by atoms with Crippen LogP contribution < -0.4 is 5.11 Å². The van der Waals surface area contributed by atoms with E-state index in [2.05, 4.69) is 4.86 Å². The third kappa shape index (κ3) is 1.18. The van der Waals surface area contributed by atoms with E-state index >= 15 is 0 Å². The third-order valence-electron chi connectivity index (χ3n) is 0.763. The Morgan fingerprint density at radius 2 is 2.57 bits per heavy atom. The molecule has 0 aromatic heterocycles. The standard InChI is InChI=1S/C5H5AsO/c7-4-5-2-1-3-6-5/h1-3H,4H2/q-1. The molecule has 0 aromatic carbocycles. The van der Waals surface area contributed by atoms with E-state index in [-0.39, 0.29) is 22.4 Å². The Hall–Kier alpha value is -0.00156. The Kier molecular flexibility index (Phi) is 1.72. The zero-order chi connectivity index (χ0) is 5.11. The molecule has 0 N–H and O–H groups in total. The summed E-state index contributed by atoms with van der Waals surface area (Å²) in [5.74, 6) is 0. The van der Waals surface area contributed by atoms with Gasteiger partial charge in [-0.3, -0.25) is 0 Å². The van der Waals surface area contributed by atoms with E-state index in [1.807, 2.05) is 12.2 Å². The van der Waals surface area contributed by atoms with Gasteiger partial charge in [-0.05, 0) is 0 Å². The number of allylic oxidation sites excluding steroid dienone is 2. The van der Waals surface area contributed by atoms with Gasteiger partial charge in [0.15, 0.2) is 0 Å². The molecule has 0 amide bonds. The van der Waals surface area contributed by atoms with Crippen molar-refractivity contribution in [1.82, 2.24) is 0 Å². The monoisotopic (exact) mass is 156 g/mol. The fourth-order valence-corrected chi connectivity index (χ4v) is 1.70. The Balaban J connectivity index is 2.45. The maximum atomic E-state index is 10.0. The predicted molar refractivity (Wildman–Crippen MR) is 27.8 cm³/mol. The van der Waals surface area contributed by atoms with Crippen LogP contribution in [0.3, 0.4) is 0 Å². The van der Waals surface area contributed by atoms with Gasteiger partial charge in [0, 0.05) is 0 Å². The molecule has 0 atom stereocenters. The summed E-state index contributed by atoms with van der Waals surface area (Å²) < 4.78 is 1.09. The van der Waals surface area contributed by atoms with Gasteiger partial charge < -0.3 is 0 Å². The zero-order valence-electron chi connectivity index (χ0n) is 3.79. The summed E-state index contributed by atoms with van der Waals surface area (Å²) in [6, 6.07) is 0. The second kappa shape index (κ2) is 2.34. The van der Waals surface area contributed by atoms with Gasteiger partial charge in [-0.2, -0.15) is 0 Å². The predicted octanol–water partition coefficient (Wildman–Crippen LogP) is -0.538. The first kappa shape index (κ1) is 5.14. The van der Waals surface area contributed by atoms with E-state index in [0.717, 1.165) is 4.36 Å². The molecular weight excluding hydrogens is 151 g/mol. The molecule has 0 saturated carbocycles. The maximum absolute atomic E-state index is 10.0. The summed E-state index contributed by atoms with van der Waals surface area (Å²) in [6.45, 7) is 0.00694. The van der Waals surface area contributed by atoms with Crippen molar-refractivity contribution in [3.8, 4) is 0 Å². The quantitative estimate of drug-likeness (QED) is 0.467. The Bertz CT molecular complexity index is 115. The number of hydrogen-bond acceptors (Lipinski definition) is 1. The third-order valence-corrected chi connectivity index (χ3v) is 2.72. The van der Waals surface area contributed by atoms with Gasteiger partial charge in [0.25, 0.3) is 0 Å². The molecule has 2 heteroatoms. The van der Waals surface area contributed by atoms with Crippen molar-refractivity contribution in [1.29, 1.82) is 0 Å². The van der Waals surface area contributed by atoms with E-state index in [0.29, 0.717) is 0 Å². The summed E-state index contributed by atoms with van der Waals surface area (Å²) in [6.07, 6.45) is 3.89. The molecule has 1 heterocycles. The molecule has 1 aliphatic heterocycles. The van der Waals surface area contributed by atoms with Crippen molar-refractivity contribution in [2.45, 2.75) is 0 Å². The zero-order valence-corrected chi connectivity index (χ0v) is 5.67. The number of hydrogen-bond donors (Lipinski definition) is 0. The first-order valence-electron chi connectivity index (χ1n) is 2.08. The minimum absolute atomic E-state index is 0.00694. The van der Waals surface area contributed by atoms with Gasteiger partial charge in [0.05, 0.1) is 0 Å². The van der Waals surface area contributed by atoms with Gasteiger partial charge >= 0.3 is 48.8 Å². The average molecular weight is 156 g/mol. The van der Waals surface area contributed by atoms with Crippen LogP contribution in [0.2, 0.25) is 0 Å². The van der Waals surface area contributed by atoms with Gasteiger partial charge in [-0.15, -0.1) is 0 Å². The molecule has 0 bridgehead atoms. The minimum atomic E-state index is 0.00694. The van der Waals surface area contributed by atoms with Crippen molar-refractivity contribution in [3.05, 3.63) is 21.4 Å². The summed E-state index contributed by atoms with van der Waals surface area (Å²) in [4.78, 5) is 2.09. The Labute approximate surface area is 49.4 Å². The van der Waals surface area contributed by atoms with Crippen LogP contribution in [0.4, 0.5) is 0 Å². The van der Waals surface area contributed by atoms with Crippen molar-refractivity contribution in [3.63, 3.8) is 0 Å². The van der Waals surface area contributed by atoms with Crippen LogP contribution in [0.25, 0.3) is 0 Å². The van der Waals surface area contributed by atoms with Gasteiger partial charge in [-0.1, -0.05) is 0 Å². The van der Waals surface area contributed by atoms with Crippen LogP contribution in [-0.2, 0) is 0 Å². The normalized spacial score (nSPS) is 21.0. The molecule has 0 unspecified atom stereocenters. The molecule has 1 rings (SSSR count). The summed E-state index contributed by atoms with van der Waals surface area (Å²) in [5.41, 5.74) is 0. The molecule has 0 aliphatic carbocycles. The van der Waals surface area contributed by atoms with Crippen LogP contribution >= 0.6 is 0 Å². The molecule has 0 saturated heterocycles. The van der Waals surface area contributed by atoms with Gasteiger partial charge in [0.2, 0.25) is 0 Å². The van der Waals surface area contributed by atoms with Crippen molar-refractivity contribution in [2.75, 3.05) is 6.61 Å². The fourth-order valence-electron chi connectivity index (χ4n) is 0.421. The summed E-state index contributed by atoms with van der Waals surface area (Å²) in [5, 5.41) is 10.0. The van der Waals surface area contributed by atoms with Crippen LogP contribution in [0.5, 0.6) is 0 Å². The molecule has 7 heavy (non-hydrogen) atoms. The van der Waals surface area contributed by atoms with E-state index in [1.54, 1.807) is 0 Å². The van der Waals surface area contributed by atoms with Crippen molar-refractivity contribution in [2.24, 2.45) is 0 Å². The molecule has 37 valence electrons. The molecule has 1 radical (unpaired) electrons. The summed E-state index contributed by atoms with van der Waals surface area (Å²) in [7, 11) is 0. The second-order valence-corrected chi connectivity index (χ2v) is 3.65. The van der Waals surface area contributed by atoms with E-state index in [4.69, 9.17) is 0 Å². The molecule has 0 aromatic rings. The van der Waals surface area contributed by atoms with Crippen LogP contribution in [0, 0.1) is 0 Å². The first-order chi connectivity index (χ1) is 3.43. The summed E-state index contributed by atoms with van der Waals surface area (Å²) >= 11 is 0.168. The SMILES string of the molecule is [O-]CC1=CC=C[As]1. The molecular formula is C5H5AsO-. The van der Waals surface area contributed by atoms with Crippen molar-refractivity contribution >= 4 is 15.8 Å². The van der Waals surface area contributed by atoms with E-state index < -0.39 is 0 Å². The Morgan fingerprint density at radius 1 is 1.71 bits per heavy atom. The second-order valence-electron chi connectivity index (χ2n) is 1.27. The van der Waals surface area contributed by atoms with Gasteiger partial charge in [0.1, 0.15) is 0 Å². The topological polar surface area (TPSA) is 23.1 Å². The van der Waals surface area contributed by atoms with E-state index in [9.17, 15) is 5.11 Å². The van der Waals surface area contributed by atoms with E-state index in [1.165, 1.54) is 0 Å². The first-order valence-corrected chi connectivity index (χ1v) is 4.10. The van der Waals surface area contributed by atoms with Crippen LogP contribution in [0.15, 0.2) is 21.4 Å². The number of rotatable bonds is 1. The van der Waals surface area contributed by atoms with Crippen molar-refractivity contribution < 1.29 is 5.11 Å². The molecule has 1 nitrogen and oxygen atoms in total. The molecule has 0 spiro atoms. The fraction of sp³-hybridized carbons (Fsp3) is 0.200. The van der Waals surface area contributed by atoms with Crippen LogP contribution in [-0.4, -0.2) is 22.4 Å². The van der Waals surface area contributed by atoms with Gasteiger partial charge in [-0.25, -0.2) is 0 Å². The molecule has 0 fully saturated rings. The molecule has 1 aliphatic rings. The van der Waals surface area contributed by atoms with Crippen LogP contribution in [0.1, 0.15) is 0 Å².